The van der Waals surface area contributed by atoms with Crippen LogP contribution in [0.5, 0.6) is 0 Å². The van der Waals surface area contributed by atoms with E-state index in [1.165, 1.54) is 28.3 Å². The fourth-order valence-electron chi connectivity index (χ4n) is 6.06. The van der Waals surface area contributed by atoms with E-state index in [1.807, 2.05) is 48.2 Å². The van der Waals surface area contributed by atoms with Gasteiger partial charge in [-0.1, -0.05) is 59.6 Å². The van der Waals surface area contributed by atoms with E-state index in [0.29, 0.717) is 18.1 Å². The summed E-state index contributed by atoms with van der Waals surface area (Å²) in [4.78, 5) is 16.4. The Morgan fingerprint density at radius 1 is 0.909 bits per heavy atom. The van der Waals surface area contributed by atoms with E-state index in [1.54, 1.807) is 4.90 Å². The first-order valence-corrected chi connectivity index (χ1v) is 17.1. The number of aryl methyl sites for hydroxylation is 1. The molecule has 0 aliphatic carbocycles. The number of nitrogens with one attached hydrogen (secondary N) is 1. The monoisotopic (exact) mass is 648 g/mol. The fraction of sp³-hybridized carbons (Fsp3) is 0.353. The first kappa shape index (κ1) is 31.0. The van der Waals surface area contributed by atoms with Crippen molar-refractivity contribution in [2.45, 2.75) is 39.0 Å². The van der Waals surface area contributed by atoms with Crippen LogP contribution < -0.4 is 11.1 Å². The fourth-order valence-corrected chi connectivity index (χ4v) is 7.39. The van der Waals surface area contributed by atoms with Crippen molar-refractivity contribution >= 4 is 41.0 Å². The molecule has 1 fully saturated rings. The molecular formula is C34H38Cl2N6OS. The normalized spacial score (nSPS) is 15.4. The molecule has 1 aromatic heterocycles. The van der Waals surface area contributed by atoms with Crippen LogP contribution in [0, 0.1) is 0 Å². The topological polar surface area (TPSA) is 79.4 Å². The minimum absolute atomic E-state index is 0.393. The maximum absolute atomic E-state index is 12.1. The predicted molar refractivity (Wildman–Crippen MR) is 182 cm³/mol. The summed E-state index contributed by atoms with van der Waals surface area (Å²) in [5.41, 5.74) is 14.3. The third-order valence-corrected chi connectivity index (χ3v) is 9.97. The molecule has 2 aliphatic rings. The van der Waals surface area contributed by atoms with Crippen LogP contribution in [0.1, 0.15) is 28.8 Å². The molecule has 10 heteroatoms. The van der Waals surface area contributed by atoms with Crippen molar-refractivity contribution < 1.29 is 4.79 Å². The van der Waals surface area contributed by atoms with E-state index >= 15 is 0 Å². The quantitative estimate of drug-likeness (QED) is 0.200. The van der Waals surface area contributed by atoms with E-state index in [4.69, 9.17) is 34.0 Å². The van der Waals surface area contributed by atoms with Crippen LogP contribution in [0.25, 0.3) is 22.4 Å². The third kappa shape index (κ3) is 7.44. The van der Waals surface area contributed by atoms with Crippen molar-refractivity contribution in [3.8, 4) is 22.4 Å². The Balaban J connectivity index is 1.23. The summed E-state index contributed by atoms with van der Waals surface area (Å²) in [6, 6.07) is 22.1. The zero-order valence-electron chi connectivity index (χ0n) is 24.8. The first-order chi connectivity index (χ1) is 21.4. The van der Waals surface area contributed by atoms with Crippen LogP contribution in [0.2, 0.25) is 10.0 Å². The summed E-state index contributed by atoms with van der Waals surface area (Å²) in [5, 5.41) is 10.1. The van der Waals surface area contributed by atoms with Gasteiger partial charge in [0, 0.05) is 89.6 Å². The number of urea groups is 1. The molecule has 1 saturated heterocycles. The highest BCUT2D eigenvalue weighted by Gasteiger charge is 2.27. The van der Waals surface area contributed by atoms with Gasteiger partial charge in [0.2, 0.25) is 0 Å². The van der Waals surface area contributed by atoms with Gasteiger partial charge < -0.3 is 20.9 Å². The third-order valence-electron chi connectivity index (χ3n) is 8.44. The number of carbonyl (C=O) groups excluding carboxylic acids is 1. The van der Waals surface area contributed by atoms with Crippen molar-refractivity contribution in [1.82, 2.24) is 24.9 Å². The van der Waals surface area contributed by atoms with Crippen molar-refractivity contribution in [3.63, 3.8) is 0 Å². The molecule has 2 aliphatic heterocycles. The number of nitrogens with two attached hydrogens (primary N) is 1. The van der Waals surface area contributed by atoms with Gasteiger partial charge in [-0.15, -0.1) is 0 Å². The van der Waals surface area contributed by atoms with Crippen LogP contribution in [0.15, 0.2) is 66.7 Å². The van der Waals surface area contributed by atoms with Gasteiger partial charge in [-0.3, -0.25) is 4.68 Å². The summed E-state index contributed by atoms with van der Waals surface area (Å²) in [5.74, 6) is 2.43. The van der Waals surface area contributed by atoms with Crippen LogP contribution in [0.3, 0.4) is 0 Å². The standard InChI is InChI=1S/C34H38Cl2N6OS/c35-28-8-5-24(6-9-28)21-38-22-25-3-1-4-26(19-25)29-20-27(7-10-31(29)36)33-30-23-41(34(37)43)14-11-32(30)42(39-33)13-2-12-40-15-17-44-18-16-40/h1,3-10,19-20,38H,2,11-18,21-23H2,(H2,37,43). The molecular weight excluding hydrogens is 611 g/mol. The summed E-state index contributed by atoms with van der Waals surface area (Å²) in [6.07, 6.45) is 1.79. The van der Waals surface area contributed by atoms with Gasteiger partial charge in [-0.2, -0.15) is 16.9 Å². The number of halogens is 2. The SMILES string of the molecule is NC(=O)N1CCc2c(c(-c3ccc(Cl)c(-c4cccc(CNCc5ccc(Cl)cc5)c4)c3)nn2CCCN2CCSCC2)C1. The van der Waals surface area contributed by atoms with Gasteiger partial charge in [0.25, 0.3) is 0 Å². The molecule has 44 heavy (non-hydrogen) atoms. The number of carbonyl (C=O) groups is 1. The van der Waals surface area contributed by atoms with E-state index < -0.39 is 6.03 Å². The molecule has 230 valence electrons. The molecule has 2 amide bonds. The minimum atomic E-state index is -0.393. The Morgan fingerprint density at radius 3 is 2.50 bits per heavy atom. The number of fused-ring (bicyclic) bond motifs is 1. The molecule has 0 atom stereocenters. The largest absolute Gasteiger partial charge is 0.351 e. The second kappa shape index (κ2) is 14.4. The number of primary amides is 1. The number of aromatic nitrogens is 2. The zero-order valence-corrected chi connectivity index (χ0v) is 27.1. The lowest BCUT2D eigenvalue weighted by atomic mass is 9.96. The minimum Gasteiger partial charge on any atom is -0.351 e. The number of thioether (sulfide) groups is 1. The van der Waals surface area contributed by atoms with Gasteiger partial charge in [0.1, 0.15) is 0 Å². The summed E-state index contributed by atoms with van der Waals surface area (Å²) in [6.45, 7) is 6.82. The number of hydrogen-bond acceptors (Lipinski definition) is 5. The second-order valence-electron chi connectivity index (χ2n) is 11.4. The Morgan fingerprint density at radius 2 is 1.70 bits per heavy atom. The molecule has 0 saturated carbocycles. The van der Waals surface area contributed by atoms with Crippen molar-refractivity contribution in [1.29, 1.82) is 0 Å². The number of hydrogen-bond donors (Lipinski definition) is 2. The van der Waals surface area contributed by atoms with E-state index in [2.05, 4.69) is 45.2 Å². The Bertz CT molecular complexity index is 1600. The lowest BCUT2D eigenvalue weighted by molar-refractivity contribution is 0.201. The van der Waals surface area contributed by atoms with Crippen LogP contribution >= 0.6 is 35.0 Å². The Kier molecular flexibility index (Phi) is 10.1. The number of amides is 2. The van der Waals surface area contributed by atoms with Gasteiger partial charge in [0.15, 0.2) is 0 Å². The van der Waals surface area contributed by atoms with E-state index in [9.17, 15) is 4.79 Å². The van der Waals surface area contributed by atoms with Gasteiger partial charge >= 0.3 is 6.03 Å². The number of benzene rings is 3. The Hall–Kier alpha value is -3.01. The number of rotatable bonds is 10. The average molecular weight is 650 g/mol. The van der Waals surface area contributed by atoms with Crippen LogP contribution in [-0.4, -0.2) is 63.3 Å². The van der Waals surface area contributed by atoms with Crippen molar-refractivity contribution in [2.24, 2.45) is 5.73 Å². The van der Waals surface area contributed by atoms with Crippen molar-refractivity contribution in [3.05, 3.63) is 99.2 Å². The highest BCUT2D eigenvalue weighted by atomic mass is 35.5. The molecule has 0 unspecified atom stereocenters. The maximum atomic E-state index is 12.1. The molecule has 0 bridgehead atoms. The van der Waals surface area contributed by atoms with Gasteiger partial charge in [-0.25, -0.2) is 4.79 Å². The van der Waals surface area contributed by atoms with Gasteiger partial charge in [-0.05, 0) is 60.0 Å². The highest BCUT2D eigenvalue weighted by Crippen LogP contribution is 2.36. The molecule has 7 nitrogen and oxygen atoms in total. The molecule has 4 aromatic rings. The molecule has 0 spiro atoms. The van der Waals surface area contributed by atoms with E-state index in [-0.39, 0.29) is 0 Å². The Labute approximate surface area is 273 Å². The van der Waals surface area contributed by atoms with E-state index in [0.717, 1.165) is 85.1 Å². The summed E-state index contributed by atoms with van der Waals surface area (Å²) >= 11 is 14.9. The maximum Gasteiger partial charge on any atom is 0.315 e. The lowest BCUT2D eigenvalue weighted by Crippen LogP contribution is -2.39. The molecule has 6 rings (SSSR count). The van der Waals surface area contributed by atoms with Crippen LogP contribution in [-0.2, 0) is 32.6 Å². The smallest absolute Gasteiger partial charge is 0.315 e. The average Bonchev–Trinajstić information content (AvgIpc) is 3.40. The van der Waals surface area contributed by atoms with Crippen LogP contribution in [0.4, 0.5) is 4.79 Å². The summed E-state index contributed by atoms with van der Waals surface area (Å²) < 4.78 is 2.17. The van der Waals surface area contributed by atoms with Gasteiger partial charge in [0.05, 0.1) is 12.2 Å². The molecule has 3 N–H and O–H groups in total. The molecule has 3 heterocycles. The van der Waals surface area contributed by atoms with Crippen molar-refractivity contribution in [2.75, 3.05) is 37.7 Å². The first-order valence-electron chi connectivity index (χ1n) is 15.2. The highest BCUT2D eigenvalue weighted by molar-refractivity contribution is 7.99. The molecule has 0 radical (unpaired) electrons. The lowest BCUT2D eigenvalue weighted by Gasteiger charge is -2.27. The second-order valence-corrected chi connectivity index (χ2v) is 13.5. The number of nitrogens with zero attached hydrogens (tertiary/aromatic N) is 4. The molecule has 3 aromatic carbocycles. The predicted octanol–water partition coefficient (Wildman–Crippen LogP) is 6.69. The zero-order chi connectivity index (χ0) is 30.5. The summed E-state index contributed by atoms with van der Waals surface area (Å²) in [7, 11) is 0.